The van der Waals surface area contributed by atoms with Gasteiger partial charge in [0.1, 0.15) is 10.7 Å². The first-order valence-electron chi connectivity index (χ1n) is 8.70. The average molecular weight is 422 g/mol. The summed E-state index contributed by atoms with van der Waals surface area (Å²) in [6.45, 7) is 0.631. The Morgan fingerprint density at radius 2 is 1.83 bits per heavy atom. The number of esters is 1. The van der Waals surface area contributed by atoms with E-state index in [1.807, 2.05) is 0 Å². The van der Waals surface area contributed by atoms with Crippen molar-refractivity contribution in [3.05, 3.63) is 59.4 Å². The number of benzene rings is 2. The number of para-hydroxylation sites is 1. The van der Waals surface area contributed by atoms with E-state index >= 15 is 0 Å². The van der Waals surface area contributed by atoms with Crippen LogP contribution in [0.1, 0.15) is 20.7 Å². The molecular formula is C19H19FN2O6S. The SMILES string of the molecule is COC(=O)c1ccccc1NC(=O)c1ccc(F)c(S(=O)(=O)N2CCOCC2)c1. The lowest BCUT2D eigenvalue weighted by Crippen LogP contribution is -2.41. The van der Waals surface area contributed by atoms with Crippen LogP contribution in [0.3, 0.4) is 0 Å². The van der Waals surface area contributed by atoms with E-state index in [0.29, 0.717) is 0 Å². The lowest BCUT2D eigenvalue weighted by atomic mass is 10.1. The van der Waals surface area contributed by atoms with Crippen LogP contribution in [-0.4, -0.2) is 58.0 Å². The van der Waals surface area contributed by atoms with Crippen LogP contribution in [0.25, 0.3) is 0 Å². The van der Waals surface area contributed by atoms with Crippen molar-refractivity contribution in [2.75, 3.05) is 38.7 Å². The molecule has 0 bridgehead atoms. The van der Waals surface area contributed by atoms with E-state index < -0.39 is 32.6 Å². The number of methoxy groups -OCH3 is 1. The average Bonchev–Trinajstić information content (AvgIpc) is 2.74. The zero-order valence-electron chi connectivity index (χ0n) is 15.6. The molecule has 0 aromatic heterocycles. The molecule has 1 heterocycles. The smallest absolute Gasteiger partial charge is 0.339 e. The molecule has 0 atom stereocenters. The summed E-state index contributed by atoms with van der Waals surface area (Å²) in [5.41, 5.74) is 0.246. The lowest BCUT2D eigenvalue weighted by molar-refractivity contribution is 0.0602. The van der Waals surface area contributed by atoms with Gasteiger partial charge in [-0.3, -0.25) is 4.79 Å². The molecule has 0 spiro atoms. The van der Waals surface area contributed by atoms with Gasteiger partial charge < -0.3 is 14.8 Å². The first-order chi connectivity index (χ1) is 13.8. The number of hydrogen-bond donors (Lipinski definition) is 1. The van der Waals surface area contributed by atoms with Crippen LogP contribution in [0, 0.1) is 5.82 Å². The first kappa shape index (κ1) is 20.9. The molecule has 29 heavy (non-hydrogen) atoms. The minimum Gasteiger partial charge on any atom is -0.465 e. The second kappa shape index (κ2) is 8.68. The maximum atomic E-state index is 14.3. The predicted molar refractivity (Wildman–Crippen MR) is 102 cm³/mol. The Bertz CT molecular complexity index is 1030. The summed E-state index contributed by atoms with van der Waals surface area (Å²) in [6.07, 6.45) is 0. The summed E-state index contributed by atoms with van der Waals surface area (Å²) >= 11 is 0. The van der Waals surface area contributed by atoms with E-state index in [-0.39, 0.29) is 43.1 Å². The molecule has 2 aromatic carbocycles. The summed E-state index contributed by atoms with van der Waals surface area (Å²) in [5.74, 6) is -2.29. The van der Waals surface area contributed by atoms with Crippen LogP contribution >= 0.6 is 0 Å². The first-order valence-corrected chi connectivity index (χ1v) is 10.1. The Morgan fingerprint density at radius 3 is 2.52 bits per heavy atom. The molecule has 0 radical (unpaired) electrons. The molecule has 1 aliphatic heterocycles. The number of anilines is 1. The Hall–Kier alpha value is -2.82. The highest BCUT2D eigenvalue weighted by molar-refractivity contribution is 7.89. The standard InChI is InChI=1S/C19H19FN2O6S/c1-27-19(24)14-4-2-3-5-16(14)21-18(23)13-6-7-15(20)17(12-13)29(25,26)22-8-10-28-11-9-22/h2-7,12H,8-11H2,1H3,(H,21,23). The summed E-state index contributed by atoms with van der Waals surface area (Å²) in [7, 11) is -2.91. The number of carbonyl (C=O) groups excluding carboxylic acids is 2. The second-order valence-electron chi connectivity index (χ2n) is 6.15. The van der Waals surface area contributed by atoms with Crippen molar-refractivity contribution < 1.29 is 31.9 Å². The molecule has 2 aromatic rings. The van der Waals surface area contributed by atoms with Crippen LogP contribution in [0.5, 0.6) is 0 Å². The van der Waals surface area contributed by atoms with E-state index in [2.05, 4.69) is 10.1 Å². The van der Waals surface area contributed by atoms with E-state index in [1.54, 1.807) is 12.1 Å². The number of sulfonamides is 1. The maximum Gasteiger partial charge on any atom is 0.339 e. The molecule has 3 rings (SSSR count). The number of ether oxygens (including phenoxy) is 2. The molecule has 1 fully saturated rings. The fourth-order valence-corrected chi connectivity index (χ4v) is 4.34. The Morgan fingerprint density at radius 1 is 1.14 bits per heavy atom. The van der Waals surface area contributed by atoms with Crippen LogP contribution in [-0.2, 0) is 19.5 Å². The van der Waals surface area contributed by atoms with E-state index in [1.165, 1.54) is 25.3 Å². The highest BCUT2D eigenvalue weighted by Gasteiger charge is 2.30. The van der Waals surface area contributed by atoms with Gasteiger partial charge in [0, 0.05) is 18.7 Å². The fraction of sp³-hybridized carbons (Fsp3) is 0.263. The van der Waals surface area contributed by atoms with Crippen LogP contribution in [0.2, 0.25) is 0 Å². The molecule has 1 aliphatic rings. The van der Waals surface area contributed by atoms with Crippen LogP contribution < -0.4 is 5.32 Å². The van der Waals surface area contributed by atoms with Crippen molar-refractivity contribution in [1.82, 2.24) is 4.31 Å². The zero-order valence-corrected chi connectivity index (χ0v) is 16.4. The van der Waals surface area contributed by atoms with Gasteiger partial charge in [-0.1, -0.05) is 12.1 Å². The molecule has 10 heteroatoms. The van der Waals surface area contributed by atoms with Gasteiger partial charge in [-0.25, -0.2) is 17.6 Å². The van der Waals surface area contributed by atoms with Gasteiger partial charge in [0.2, 0.25) is 10.0 Å². The van der Waals surface area contributed by atoms with Crippen molar-refractivity contribution in [3.8, 4) is 0 Å². The number of halogens is 1. The van der Waals surface area contributed by atoms with Crippen molar-refractivity contribution in [3.63, 3.8) is 0 Å². The minimum absolute atomic E-state index is 0.0714. The highest BCUT2D eigenvalue weighted by atomic mass is 32.2. The maximum absolute atomic E-state index is 14.3. The van der Waals surface area contributed by atoms with E-state index in [0.717, 1.165) is 16.4 Å². The third-order valence-corrected chi connectivity index (χ3v) is 6.28. The number of nitrogens with one attached hydrogen (secondary N) is 1. The Labute approximate surface area is 167 Å². The van der Waals surface area contributed by atoms with Crippen molar-refractivity contribution in [2.24, 2.45) is 0 Å². The molecule has 154 valence electrons. The topological polar surface area (TPSA) is 102 Å². The van der Waals surface area contributed by atoms with Gasteiger partial charge in [0.25, 0.3) is 5.91 Å². The van der Waals surface area contributed by atoms with Crippen LogP contribution in [0.4, 0.5) is 10.1 Å². The molecule has 0 unspecified atom stereocenters. The monoisotopic (exact) mass is 422 g/mol. The van der Waals surface area contributed by atoms with Gasteiger partial charge in [-0.2, -0.15) is 4.31 Å². The number of morpholine rings is 1. The molecule has 8 nitrogen and oxygen atoms in total. The van der Waals surface area contributed by atoms with Gasteiger partial charge in [-0.05, 0) is 30.3 Å². The molecular weight excluding hydrogens is 403 g/mol. The number of rotatable bonds is 5. The predicted octanol–water partition coefficient (Wildman–Crippen LogP) is 1.89. The molecule has 0 saturated carbocycles. The fourth-order valence-electron chi connectivity index (χ4n) is 2.84. The number of hydrogen-bond acceptors (Lipinski definition) is 6. The van der Waals surface area contributed by atoms with E-state index in [9.17, 15) is 22.4 Å². The highest BCUT2D eigenvalue weighted by Crippen LogP contribution is 2.23. The minimum atomic E-state index is -4.12. The second-order valence-corrected chi connectivity index (χ2v) is 8.06. The van der Waals surface area contributed by atoms with Gasteiger partial charge in [0.05, 0.1) is 31.6 Å². The lowest BCUT2D eigenvalue weighted by Gasteiger charge is -2.26. The molecule has 1 amide bonds. The molecule has 1 N–H and O–H groups in total. The third-order valence-electron chi connectivity index (χ3n) is 4.36. The summed E-state index contributed by atoms with van der Waals surface area (Å²) in [6, 6.07) is 9.27. The zero-order chi connectivity index (χ0) is 21.0. The van der Waals surface area contributed by atoms with Gasteiger partial charge >= 0.3 is 5.97 Å². The molecule has 1 saturated heterocycles. The Balaban J connectivity index is 1.90. The number of nitrogens with zero attached hydrogens (tertiary/aromatic N) is 1. The largest absolute Gasteiger partial charge is 0.465 e. The molecule has 0 aliphatic carbocycles. The Kier molecular flexibility index (Phi) is 6.26. The third kappa shape index (κ3) is 4.44. The van der Waals surface area contributed by atoms with Crippen molar-refractivity contribution >= 4 is 27.6 Å². The van der Waals surface area contributed by atoms with Crippen molar-refractivity contribution in [2.45, 2.75) is 4.90 Å². The normalized spacial score (nSPS) is 15.0. The van der Waals surface area contributed by atoms with Crippen LogP contribution in [0.15, 0.2) is 47.4 Å². The van der Waals surface area contributed by atoms with E-state index in [4.69, 9.17) is 4.74 Å². The van der Waals surface area contributed by atoms with Gasteiger partial charge in [-0.15, -0.1) is 0 Å². The summed E-state index contributed by atoms with van der Waals surface area (Å²) in [4.78, 5) is 23.9. The summed E-state index contributed by atoms with van der Waals surface area (Å²) in [5, 5.41) is 2.53. The van der Waals surface area contributed by atoms with Crippen molar-refractivity contribution in [1.29, 1.82) is 0 Å². The van der Waals surface area contributed by atoms with Gasteiger partial charge in [0.15, 0.2) is 0 Å². The summed E-state index contributed by atoms with van der Waals surface area (Å²) < 4.78 is 50.7. The number of carbonyl (C=O) groups is 2. The quantitative estimate of drug-likeness (QED) is 0.739. The number of amides is 1.